The van der Waals surface area contributed by atoms with Crippen molar-refractivity contribution in [2.24, 2.45) is 0 Å². The fourth-order valence-corrected chi connectivity index (χ4v) is 1.82. The molecule has 0 N–H and O–H groups in total. The minimum atomic E-state index is 0.0291. The van der Waals surface area contributed by atoms with Crippen molar-refractivity contribution < 1.29 is 9.53 Å². The number of hydrogen-bond donors (Lipinski definition) is 0. The summed E-state index contributed by atoms with van der Waals surface area (Å²) in [4.78, 5) is 15.5. The third kappa shape index (κ3) is 3.80. The van der Waals surface area contributed by atoms with Crippen LogP contribution in [0.25, 0.3) is 0 Å². The fraction of sp³-hybridized carbons (Fsp3) is 0.200. The molecule has 98 valence electrons. The van der Waals surface area contributed by atoms with Crippen LogP contribution >= 0.6 is 11.6 Å². The van der Waals surface area contributed by atoms with Gasteiger partial charge < -0.3 is 4.74 Å². The third-order valence-corrected chi connectivity index (χ3v) is 2.87. The maximum atomic E-state index is 11.4. The van der Waals surface area contributed by atoms with Crippen molar-refractivity contribution in [1.82, 2.24) is 4.98 Å². The predicted molar refractivity (Wildman–Crippen MR) is 74.6 cm³/mol. The molecule has 0 saturated carbocycles. The van der Waals surface area contributed by atoms with E-state index < -0.39 is 0 Å². The molecular formula is C15H14ClNO2. The maximum Gasteiger partial charge on any atom is 0.180 e. The summed E-state index contributed by atoms with van der Waals surface area (Å²) >= 11 is 5.89. The summed E-state index contributed by atoms with van der Waals surface area (Å²) in [7, 11) is 0. The van der Waals surface area contributed by atoms with Gasteiger partial charge in [0.15, 0.2) is 5.78 Å². The highest BCUT2D eigenvalue weighted by molar-refractivity contribution is 6.30. The molecule has 0 atom stereocenters. The van der Waals surface area contributed by atoms with E-state index in [0.29, 0.717) is 29.5 Å². The lowest BCUT2D eigenvalue weighted by atomic mass is 10.2. The van der Waals surface area contributed by atoms with E-state index in [1.807, 2.05) is 31.2 Å². The van der Waals surface area contributed by atoms with Crippen LogP contribution in [-0.4, -0.2) is 10.8 Å². The van der Waals surface area contributed by atoms with Crippen LogP contribution < -0.4 is 4.74 Å². The minimum absolute atomic E-state index is 0.0291. The zero-order chi connectivity index (χ0) is 13.7. The van der Waals surface area contributed by atoms with Gasteiger partial charge >= 0.3 is 0 Å². The van der Waals surface area contributed by atoms with Crippen molar-refractivity contribution in [1.29, 1.82) is 0 Å². The smallest absolute Gasteiger partial charge is 0.180 e. The monoisotopic (exact) mass is 275 g/mol. The Hall–Kier alpha value is -1.87. The van der Waals surface area contributed by atoms with Crippen LogP contribution in [0.2, 0.25) is 5.02 Å². The first kappa shape index (κ1) is 13.6. The molecule has 0 unspecified atom stereocenters. The summed E-state index contributed by atoms with van der Waals surface area (Å²) in [5, 5.41) is 0.683. The molecule has 0 spiro atoms. The third-order valence-electron chi connectivity index (χ3n) is 2.64. The first-order chi connectivity index (χ1) is 9.19. The van der Waals surface area contributed by atoms with Crippen molar-refractivity contribution in [3.8, 4) is 5.75 Å². The Morgan fingerprint density at radius 1 is 1.32 bits per heavy atom. The van der Waals surface area contributed by atoms with Crippen LogP contribution in [-0.2, 0) is 6.61 Å². The summed E-state index contributed by atoms with van der Waals surface area (Å²) in [6, 6.07) is 10.9. The quantitative estimate of drug-likeness (QED) is 0.777. The molecule has 19 heavy (non-hydrogen) atoms. The highest BCUT2D eigenvalue weighted by Gasteiger charge is 2.04. The van der Waals surface area contributed by atoms with Gasteiger partial charge in [-0.1, -0.05) is 30.7 Å². The van der Waals surface area contributed by atoms with Gasteiger partial charge in [-0.2, -0.15) is 0 Å². The van der Waals surface area contributed by atoms with Crippen LogP contribution in [0.15, 0.2) is 42.6 Å². The van der Waals surface area contributed by atoms with E-state index in [2.05, 4.69) is 4.98 Å². The number of halogens is 1. The highest BCUT2D eigenvalue weighted by atomic mass is 35.5. The van der Waals surface area contributed by atoms with Crippen molar-refractivity contribution in [3.63, 3.8) is 0 Å². The second kappa shape index (κ2) is 6.34. The van der Waals surface area contributed by atoms with Gasteiger partial charge in [0.2, 0.25) is 0 Å². The lowest BCUT2D eigenvalue weighted by molar-refractivity contribution is 0.0983. The Bertz CT molecular complexity index is 567. The lowest BCUT2D eigenvalue weighted by Crippen LogP contribution is -2.01. The molecule has 0 amide bonds. The summed E-state index contributed by atoms with van der Waals surface area (Å²) < 4.78 is 5.58. The van der Waals surface area contributed by atoms with Gasteiger partial charge in [0.25, 0.3) is 0 Å². The molecule has 1 heterocycles. The minimum Gasteiger partial charge on any atom is -0.487 e. The lowest BCUT2D eigenvalue weighted by Gasteiger charge is -2.06. The van der Waals surface area contributed by atoms with Crippen LogP contribution in [0, 0.1) is 0 Å². The average molecular weight is 276 g/mol. The molecule has 0 bridgehead atoms. The van der Waals surface area contributed by atoms with Gasteiger partial charge in [-0.05, 0) is 29.8 Å². The Balaban J connectivity index is 1.98. The van der Waals surface area contributed by atoms with Gasteiger partial charge in [0.05, 0.1) is 6.20 Å². The molecule has 0 aliphatic rings. The molecule has 2 rings (SSSR count). The number of benzene rings is 1. The fourth-order valence-electron chi connectivity index (χ4n) is 1.61. The number of Topliss-reactive ketones (excluding diaryl/α,β-unsaturated/α-hetero) is 1. The number of rotatable bonds is 5. The number of carbonyl (C=O) groups excluding carboxylic acids is 1. The molecule has 0 fully saturated rings. The molecule has 4 heteroatoms. The zero-order valence-corrected chi connectivity index (χ0v) is 11.4. The van der Waals surface area contributed by atoms with E-state index in [1.54, 1.807) is 18.3 Å². The first-order valence-corrected chi connectivity index (χ1v) is 6.43. The van der Waals surface area contributed by atoms with E-state index in [4.69, 9.17) is 16.3 Å². The molecule has 2 aromatic rings. The summed E-state index contributed by atoms with van der Waals surface area (Å²) in [6.45, 7) is 2.23. The van der Waals surface area contributed by atoms with Crippen LogP contribution in [0.1, 0.15) is 29.4 Å². The first-order valence-electron chi connectivity index (χ1n) is 6.05. The van der Waals surface area contributed by atoms with Crippen LogP contribution in [0.5, 0.6) is 5.75 Å². The second-order valence-electron chi connectivity index (χ2n) is 4.07. The molecule has 0 saturated heterocycles. The maximum absolute atomic E-state index is 11.4. The van der Waals surface area contributed by atoms with Gasteiger partial charge in [-0.3, -0.25) is 4.79 Å². The normalized spacial score (nSPS) is 10.2. The van der Waals surface area contributed by atoms with Crippen LogP contribution in [0.3, 0.4) is 0 Å². The molecule has 3 nitrogen and oxygen atoms in total. The van der Waals surface area contributed by atoms with Crippen molar-refractivity contribution in [3.05, 3.63) is 58.9 Å². The van der Waals surface area contributed by atoms with Gasteiger partial charge in [-0.25, -0.2) is 4.98 Å². The Labute approximate surface area is 117 Å². The van der Waals surface area contributed by atoms with E-state index in [1.165, 1.54) is 0 Å². The van der Waals surface area contributed by atoms with Crippen molar-refractivity contribution in [2.75, 3.05) is 0 Å². The number of carbonyl (C=O) groups is 1. The molecule has 0 aliphatic carbocycles. The number of hydrogen-bond acceptors (Lipinski definition) is 3. The number of nitrogens with zero attached hydrogens (tertiary/aromatic N) is 1. The summed E-state index contributed by atoms with van der Waals surface area (Å²) in [6.07, 6.45) is 2.02. The van der Waals surface area contributed by atoms with Crippen molar-refractivity contribution in [2.45, 2.75) is 20.0 Å². The molecule has 0 radical (unpaired) electrons. The number of pyridine rings is 1. The Morgan fingerprint density at radius 2 is 2.16 bits per heavy atom. The topological polar surface area (TPSA) is 39.2 Å². The van der Waals surface area contributed by atoms with Gasteiger partial charge in [0, 0.05) is 11.4 Å². The number of ether oxygens (including phenoxy) is 1. The summed E-state index contributed by atoms with van der Waals surface area (Å²) in [5.41, 5.74) is 1.46. The molecular weight excluding hydrogens is 262 g/mol. The van der Waals surface area contributed by atoms with E-state index in [-0.39, 0.29) is 5.78 Å². The predicted octanol–water partition coefficient (Wildman–Crippen LogP) is 3.91. The Morgan fingerprint density at radius 3 is 2.79 bits per heavy atom. The second-order valence-corrected chi connectivity index (χ2v) is 4.51. The van der Waals surface area contributed by atoms with E-state index in [0.717, 1.165) is 5.56 Å². The summed E-state index contributed by atoms with van der Waals surface area (Å²) in [5.74, 6) is 0.661. The number of aromatic nitrogens is 1. The average Bonchev–Trinajstić information content (AvgIpc) is 2.45. The highest BCUT2D eigenvalue weighted by Crippen LogP contribution is 2.15. The Kier molecular flexibility index (Phi) is 4.53. The number of ketones is 1. The van der Waals surface area contributed by atoms with Gasteiger partial charge in [0.1, 0.15) is 18.1 Å². The standard InChI is InChI=1S/C15H14ClNO2/c1-2-15(18)14-7-6-13(9-17-14)19-10-11-4-3-5-12(16)8-11/h3-9H,2,10H2,1H3. The van der Waals surface area contributed by atoms with Gasteiger partial charge in [-0.15, -0.1) is 0 Å². The van der Waals surface area contributed by atoms with E-state index >= 15 is 0 Å². The van der Waals surface area contributed by atoms with E-state index in [9.17, 15) is 4.79 Å². The van der Waals surface area contributed by atoms with Crippen molar-refractivity contribution >= 4 is 17.4 Å². The molecule has 1 aromatic heterocycles. The largest absolute Gasteiger partial charge is 0.487 e. The molecule has 1 aromatic carbocycles. The van der Waals surface area contributed by atoms with Crippen LogP contribution in [0.4, 0.5) is 0 Å². The molecule has 0 aliphatic heterocycles. The SMILES string of the molecule is CCC(=O)c1ccc(OCc2cccc(Cl)c2)cn1. The zero-order valence-electron chi connectivity index (χ0n) is 10.6.